The maximum Gasteiger partial charge on any atom is 0.210 e. The molecule has 0 spiro atoms. The first-order chi connectivity index (χ1) is 17.8. The van der Waals surface area contributed by atoms with E-state index in [2.05, 4.69) is 0 Å². The number of aromatic hydroxyl groups is 8. The Morgan fingerprint density at radius 2 is 0.632 bits per heavy atom. The third kappa shape index (κ3) is 6.16. The first-order valence-electron chi connectivity index (χ1n) is 11.2. The largest absolute Gasteiger partial charge is 0.504 e. The predicted octanol–water partition coefficient (Wildman–Crippen LogP) is 5.84. The van der Waals surface area contributed by atoms with Crippen LogP contribution in [-0.4, -0.2) is 40.9 Å². The monoisotopic (exact) mass is 524 g/mol. The Morgan fingerprint density at radius 1 is 0.368 bits per heavy atom. The van der Waals surface area contributed by atoms with E-state index in [4.69, 9.17) is 9.47 Å². The van der Waals surface area contributed by atoms with Crippen LogP contribution in [-0.2, 0) is 0 Å². The second-order valence-corrected chi connectivity index (χ2v) is 8.73. The molecular weight excluding hydrogens is 496 g/mol. The van der Waals surface area contributed by atoms with Crippen molar-refractivity contribution < 1.29 is 50.3 Å². The molecule has 0 radical (unpaired) electrons. The molecule has 200 valence electrons. The zero-order chi connectivity index (χ0) is 28.3. The van der Waals surface area contributed by atoms with Gasteiger partial charge in [0.1, 0.15) is 0 Å². The summed E-state index contributed by atoms with van der Waals surface area (Å²) in [6.45, 7) is 6.86. The summed E-state index contributed by atoms with van der Waals surface area (Å²) in [5.41, 5.74) is 2.69. The molecule has 0 unspecified atom stereocenters. The molecule has 0 aliphatic rings. The zero-order valence-electron chi connectivity index (χ0n) is 21.0. The highest BCUT2D eigenvalue weighted by atomic mass is 16.5. The van der Waals surface area contributed by atoms with Crippen molar-refractivity contribution in [3.05, 3.63) is 70.8 Å². The first kappa shape index (κ1) is 27.5. The molecule has 4 aromatic carbocycles. The highest BCUT2D eigenvalue weighted by molar-refractivity contribution is 5.59. The maximum atomic E-state index is 9.73. The predicted molar refractivity (Wildman–Crippen MR) is 138 cm³/mol. The van der Waals surface area contributed by atoms with Crippen molar-refractivity contribution in [2.45, 2.75) is 27.7 Å². The van der Waals surface area contributed by atoms with Crippen LogP contribution in [0, 0.1) is 27.7 Å². The lowest BCUT2D eigenvalue weighted by molar-refractivity contribution is 0.347. The van der Waals surface area contributed by atoms with Crippen LogP contribution in [0.25, 0.3) is 0 Å². The number of phenolic OH excluding ortho intramolecular Hbond substituents is 8. The third-order valence-corrected chi connectivity index (χ3v) is 5.22. The Hall–Kier alpha value is -5.12. The van der Waals surface area contributed by atoms with E-state index in [9.17, 15) is 40.9 Å². The first-order valence-corrected chi connectivity index (χ1v) is 11.2. The molecule has 8 N–H and O–H groups in total. The number of benzene rings is 4. The van der Waals surface area contributed by atoms with Gasteiger partial charge < -0.3 is 50.3 Å². The topological polar surface area (TPSA) is 180 Å². The number of phenols is 8. The van der Waals surface area contributed by atoms with Gasteiger partial charge in [0.25, 0.3) is 0 Å². The van der Waals surface area contributed by atoms with Crippen molar-refractivity contribution in [3.63, 3.8) is 0 Å². The molecule has 0 heterocycles. The molecule has 0 aliphatic carbocycles. The highest BCUT2D eigenvalue weighted by Crippen LogP contribution is 2.45. The summed E-state index contributed by atoms with van der Waals surface area (Å²) in [4.78, 5) is 0. The van der Waals surface area contributed by atoms with Crippen molar-refractivity contribution >= 4 is 0 Å². The van der Waals surface area contributed by atoms with E-state index < -0.39 is 17.2 Å². The number of ether oxygens (including phenoxy) is 2. The van der Waals surface area contributed by atoms with Gasteiger partial charge in [-0.1, -0.05) is 0 Å². The van der Waals surface area contributed by atoms with E-state index >= 15 is 0 Å². The SMILES string of the molecule is Cc1cc(O)c(O)c(Oc2cc(C)cc(O)c2O)c1.Cc1cc(O)c(Oc2cc(C)cc(O)c2O)c(O)c1. The summed E-state index contributed by atoms with van der Waals surface area (Å²) in [5, 5.41) is 77.0. The summed E-state index contributed by atoms with van der Waals surface area (Å²) < 4.78 is 10.6. The summed E-state index contributed by atoms with van der Waals surface area (Å²) in [5.74, 6) is -3.00. The fraction of sp³-hybridized carbons (Fsp3) is 0.143. The minimum absolute atomic E-state index is 0.00204. The van der Waals surface area contributed by atoms with Crippen LogP contribution >= 0.6 is 0 Å². The summed E-state index contributed by atoms with van der Waals surface area (Å²) in [6, 6.07) is 11.5. The van der Waals surface area contributed by atoms with Gasteiger partial charge in [-0.15, -0.1) is 0 Å². The van der Waals surface area contributed by atoms with Gasteiger partial charge in [-0.3, -0.25) is 0 Å². The van der Waals surface area contributed by atoms with Gasteiger partial charge in [0.15, 0.2) is 46.0 Å². The lowest BCUT2D eigenvalue weighted by Crippen LogP contribution is -1.89. The van der Waals surface area contributed by atoms with Crippen LogP contribution in [0.5, 0.6) is 69.0 Å². The molecule has 0 saturated heterocycles. The molecule has 10 nitrogen and oxygen atoms in total. The van der Waals surface area contributed by atoms with Gasteiger partial charge in [0.05, 0.1) is 0 Å². The second-order valence-electron chi connectivity index (χ2n) is 8.73. The molecule has 0 saturated carbocycles. The molecule has 10 heteroatoms. The van der Waals surface area contributed by atoms with Crippen LogP contribution in [0.2, 0.25) is 0 Å². The van der Waals surface area contributed by atoms with Gasteiger partial charge in [-0.25, -0.2) is 0 Å². The maximum absolute atomic E-state index is 9.73. The van der Waals surface area contributed by atoms with E-state index in [0.717, 1.165) is 0 Å². The Balaban J connectivity index is 0.000000211. The number of aryl methyl sites for hydroxylation is 4. The van der Waals surface area contributed by atoms with Crippen molar-refractivity contribution in [1.29, 1.82) is 0 Å². The lowest BCUT2D eigenvalue weighted by Gasteiger charge is -2.12. The number of hydrogen-bond acceptors (Lipinski definition) is 10. The summed E-state index contributed by atoms with van der Waals surface area (Å²) in [6.07, 6.45) is 0. The molecule has 0 aromatic heterocycles. The van der Waals surface area contributed by atoms with E-state index in [1.165, 1.54) is 48.5 Å². The number of hydrogen-bond donors (Lipinski definition) is 8. The van der Waals surface area contributed by atoms with Gasteiger partial charge in [0, 0.05) is 0 Å². The molecule has 4 aromatic rings. The summed E-state index contributed by atoms with van der Waals surface area (Å²) in [7, 11) is 0. The molecule has 0 bridgehead atoms. The number of rotatable bonds is 4. The molecule has 0 fully saturated rings. The highest BCUT2D eigenvalue weighted by Gasteiger charge is 2.17. The van der Waals surface area contributed by atoms with Gasteiger partial charge in [-0.2, -0.15) is 0 Å². The average Bonchev–Trinajstić information content (AvgIpc) is 2.81. The fourth-order valence-corrected chi connectivity index (χ4v) is 3.48. The smallest absolute Gasteiger partial charge is 0.210 e. The minimum Gasteiger partial charge on any atom is -0.504 e. The Kier molecular flexibility index (Phi) is 7.86. The van der Waals surface area contributed by atoms with Crippen LogP contribution in [0.1, 0.15) is 22.3 Å². The van der Waals surface area contributed by atoms with Crippen LogP contribution in [0.4, 0.5) is 0 Å². The van der Waals surface area contributed by atoms with Gasteiger partial charge >= 0.3 is 0 Å². The Bertz CT molecular complexity index is 1420. The van der Waals surface area contributed by atoms with E-state index in [-0.39, 0.29) is 51.7 Å². The van der Waals surface area contributed by atoms with Crippen LogP contribution in [0.15, 0.2) is 48.5 Å². The molecular formula is C28H28O10. The lowest BCUT2D eigenvalue weighted by atomic mass is 10.2. The minimum atomic E-state index is -0.454. The van der Waals surface area contributed by atoms with E-state index in [1.54, 1.807) is 27.7 Å². The van der Waals surface area contributed by atoms with Crippen molar-refractivity contribution in [2.24, 2.45) is 0 Å². The van der Waals surface area contributed by atoms with E-state index in [1.807, 2.05) is 0 Å². The van der Waals surface area contributed by atoms with E-state index in [0.29, 0.717) is 22.3 Å². The molecule has 0 aliphatic heterocycles. The Morgan fingerprint density at radius 3 is 0.974 bits per heavy atom. The zero-order valence-corrected chi connectivity index (χ0v) is 21.0. The van der Waals surface area contributed by atoms with Gasteiger partial charge in [-0.05, 0) is 98.5 Å². The van der Waals surface area contributed by atoms with Crippen LogP contribution in [0.3, 0.4) is 0 Å². The third-order valence-electron chi connectivity index (χ3n) is 5.22. The second kappa shape index (κ2) is 10.9. The van der Waals surface area contributed by atoms with Crippen molar-refractivity contribution in [2.75, 3.05) is 0 Å². The Labute approximate surface area is 218 Å². The van der Waals surface area contributed by atoms with Crippen molar-refractivity contribution in [1.82, 2.24) is 0 Å². The molecule has 0 atom stereocenters. The normalized spacial score (nSPS) is 10.4. The average molecular weight is 525 g/mol. The standard InChI is InChI=1S/2C14H14O5/c1-7-4-10(16)14(11(17)5-7)19-12-6-8(2)3-9(15)13(12)18;1-7-3-9(15)13(17)11(5-7)19-12-6-8(2)4-10(16)14(12)18/h2*3-6,15-18H,1-2H3. The fourth-order valence-electron chi connectivity index (χ4n) is 3.48. The van der Waals surface area contributed by atoms with Crippen molar-refractivity contribution in [3.8, 4) is 69.0 Å². The molecule has 38 heavy (non-hydrogen) atoms. The molecule has 0 amide bonds. The summed E-state index contributed by atoms with van der Waals surface area (Å²) >= 11 is 0. The quantitative estimate of drug-likeness (QED) is 0.151. The molecule has 4 rings (SSSR count). The van der Waals surface area contributed by atoms with Crippen LogP contribution < -0.4 is 9.47 Å². The van der Waals surface area contributed by atoms with Gasteiger partial charge in [0.2, 0.25) is 23.0 Å².